The van der Waals surface area contributed by atoms with Crippen LogP contribution in [-0.4, -0.2) is 51.8 Å². The quantitative estimate of drug-likeness (QED) is 0.824. The van der Waals surface area contributed by atoms with Crippen molar-refractivity contribution in [3.8, 4) is 0 Å². The summed E-state index contributed by atoms with van der Waals surface area (Å²) in [6, 6.07) is 1.97. The maximum Gasteiger partial charge on any atom is 0.274 e. The van der Waals surface area contributed by atoms with Gasteiger partial charge in [-0.05, 0) is 39.7 Å². The second-order valence-corrected chi connectivity index (χ2v) is 9.08. The number of carbonyl (C=O) groups excluding carboxylic acids is 1. The fraction of sp³-hybridized carbons (Fsp3) is 0.632. The number of hydrogen-bond acceptors (Lipinski definition) is 5. The van der Waals surface area contributed by atoms with Crippen LogP contribution in [0.3, 0.4) is 0 Å². The molecule has 3 heterocycles. The minimum absolute atomic E-state index is 0.0323. The summed E-state index contributed by atoms with van der Waals surface area (Å²) < 4.78 is 2.00. The Bertz CT molecular complexity index is 778. The normalized spacial score (nSPS) is 15.8. The van der Waals surface area contributed by atoms with E-state index in [1.165, 1.54) is 0 Å². The number of piperazine rings is 1. The van der Waals surface area contributed by atoms with Crippen molar-refractivity contribution in [2.24, 2.45) is 0 Å². The zero-order valence-electron chi connectivity index (χ0n) is 16.6. The van der Waals surface area contributed by atoms with E-state index in [9.17, 15) is 4.79 Å². The number of anilines is 1. The molecule has 1 aliphatic heterocycles. The van der Waals surface area contributed by atoms with E-state index in [-0.39, 0.29) is 11.4 Å². The first-order valence-corrected chi connectivity index (χ1v) is 10.1. The number of rotatable bonds is 3. The molecule has 0 saturated carbocycles. The third-order valence-corrected chi connectivity index (χ3v) is 5.65. The van der Waals surface area contributed by atoms with Crippen molar-refractivity contribution in [1.82, 2.24) is 19.7 Å². The van der Waals surface area contributed by atoms with Gasteiger partial charge in [0, 0.05) is 37.3 Å². The van der Waals surface area contributed by atoms with Gasteiger partial charge < -0.3 is 9.80 Å². The van der Waals surface area contributed by atoms with Crippen LogP contribution >= 0.6 is 11.3 Å². The zero-order chi connectivity index (χ0) is 19.1. The molecule has 1 fully saturated rings. The number of amides is 1. The number of aryl methyl sites for hydroxylation is 1. The van der Waals surface area contributed by atoms with Gasteiger partial charge in [0.1, 0.15) is 0 Å². The monoisotopic (exact) mass is 375 g/mol. The summed E-state index contributed by atoms with van der Waals surface area (Å²) in [4.78, 5) is 21.7. The van der Waals surface area contributed by atoms with Gasteiger partial charge >= 0.3 is 0 Å². The standard InChI is InChI=1S/C19H29N5OS/c1-13(2)16-11-15(21-24(16)19(4,5)6)17(25)22-7-9-23(10-8-22)18-20-14(3)12-26-18/h11-13H,7-10H2,1-6H3. The van der Waals surface area contributed by atoms with Crippen LogP contribution in [-0.2, 0) is 5.54 Å². The van der Waals surface area contributed by atoms with E-state index in [4.69, 9.17) is 0 Å². The predicted octanol–water partition coefficient (Wildman–Crippen LogP) is 3.49. The Kier molecular flexibility index (Phi) is 5.10. The summed E-state index contributed by atoms with van der Waals surface area (Å²) >= 11 is 1.67. The van der Waals surface area contributed by atoms with Crippen LogP contribution < -0.4 is 4.90 Å². The van der Waals surface area contributed by atoms with Crippen molar-refractivity contribution in [2.45, 2.75) is 53.0 Å². The highest BCUT2D eigenvalue weighted by Gasteiger charge is 2.28. The molecule has 0 spiro atoms. The average Bonchev–Trinajstić information content (AvgIpc) is 3.20. The van der Waals surface area contributed by atoms with Crippen LogP contribution in [0, 0.1) is 6.92 Å². The van der Waals surface area contributed by atoms with E-state index in [0.717, 1.165) is 29.6 Å². The number of thiazole rings is 1. The first-order valence-electron chi connectivity index (χ1n) is 9.23. The fourth-order valence-corrected chi connectivity index (χ4v) is 4.06. The van der Waals surface area contributed by atoms with Gasteiger partial charge in [-0.15, -0.1) is 11.3 Å². The molecule has 1 saturated heterocycles. The van der Waals surface area contributed by atoms with Gasteiger partial charge in [0.15, 0.2) is 10.8 Å². The number of carbonyl (C=O) groups is 1. The Morgan fingerprint density at radius 2 is 1.85 bits per heavy atom. The molecule has 2 aromatic heterocycles. The highest BCUT2D eigenvalue weighted by molar-refractivity contribution is 7.13. The Balaban J connectivity index is 1.72. The van der Waals surface area contributed by atoms with Gasteiger partial charge in [0.2, 0.25) is 0 Å². The van der Waals surface area contributed by atoms with Crippen molar-refractivity contribution in [3.05, 3.63) is 28.5 Å². The van der Waals surface area contributed by atoms with E-state index >= 15 is 0 Å². The minimum atomic E-state index is -0.139. The molecule has 6 nitrogen and oxygen atoms in total. The van der Waals surface area contributed by atoms with Crippen molar-refractivity contribution in [1.29, 1.82) is 0 Å². The highest BCUT2D eigenvalue weighted by Crippen LogP contribution is 2.25. The summed E-state index contributed by atoms with van der Waals surface area (Å²) in [7, 11) is 0. The molecule has 0 unspecified atom stereocenters. The Morgan fingerprint density at radius 1 is 1.19 bits per heavy atom. The second kappa shape index (κ2) is 7.02. The lowest BCUT2D eigenvalue weighted by Crippen LogP contribution is -2.49. The van der Waals surface area contributed by atoms with Crippen molar-refractivity contribution < 1.29 is 4.79 Å². The fourth-order valence-electron chi connectivity index (χ4n) is 3.20. The van der Waals surface area contributed by atoms with Gasteiger partial charge in [0.05, 0.1) is 11.2 Å². The maximum atomic E-state index is 13.0. The molecule has 0 atom stereocenters. The SMILES string of the molecule is Cc1csc(N2CCN(C(=O)c3cc(C(C)C)n(C(C)(C)C)n3)CC2)n1. The third kappa shape index (κ3) is 3.77. The van der Waals surface area contributed by atoms with E-state index in [0.29, 0.717) is 24.7 Å². The summed E-state index contributed by atoms with van der Waals surface area (Å²) in [5.74, 6) is 0.359. The maximum absolute atomic E-state index is 13.0. The molecule has 1 amide bonds. The van der Waals surface area contributed by atoms with Crippen LogP contribution in [0.2, 0.25) is 0 Å². The topological polar surface area (TPSA) is 54.3 Å². The minimum Gasteiger partial charge on any atom is -0.345 e. The van der Waals surface area contributed by atoms with Crippen LogP contribution in [0.5, 0.6) is 0 Å². The molecule has 26 heavy (non-hydrogen) atoms. The number of hydrogen-bond donors (Lipinski definition) is 0. The second-order valence-electron chi connectivity index (χ2n) is 8.24. The van der Waals surface area contributed by atoms with E-state index in [2.05, 4.69) is 55.0 Å². The number of aromatic nitrogens is 3. The molecule has 0 bridgehead atoms. The van der Waals surface area contributed by atoms with Gasteiger partial charge in [0.25, 0.3) is 5.91 Å². The molecule has 0 N–H and O–H groups in total. The van der Waals surface area contributed by atoms with Gasteiger partial charge in [-0.3, -0.25) is 9.48 Å². The van der Waals surface area contributed by atoms with Gasteiger partial charge in [-0.1, -0.05) is 13.8 Å². The summed E-state index contributed by atoms with van der Waals surface area (Å²) in [5, 5.41) is 7.78. The summed E-state index contributed by atoms with van der Waals surface area (Å²) in [6.45, 7) is 15.7. The average molecular weight is 376 g/mol. The highest BCUT2D eigenvalue weighted by atomic mass is 32.1. The van der Waals surface area contributed by atoms with Crippen LogP contribution in [0.15, 0.2) is 11.4 Å². The van der Waals surface area contributed by atoms with Crippen molar-refractivity contribution >= 4 is 22.4 Å². The third-order valence-electron chi connectivity index (χ3n) is 4.63. The molecule has 1 aliphatic rings. The lowest BCUT2D eigenvalue weighted by atomic mass is 10.1. The Morgan fingerprint density at radius 3 is 2.31 bits per heavy atom. The van der Waals surface area contributed by atoms with Crippen LogP contribution in [0.4, 0.5) is 5.13 Å². The first-order chi connectivity index (χ1) is 12.2. The van der Waals surface area contributed by atoms with Crippen LogP contribution in [0.25, 0.3) is 0 Å². The molecular formula is C19H29N5OS. The van der Waals surface area contributed by atoms with E-state index in [1.807, 2.05) is 22.6 Å². The Labute approximate surface area is 159 Å². The molecular weight excluding hydrogens is 346 g/mol. The largest absolute Gasteiger partial charge is 0.345 e. The summed E-state index contributed by atoms with van der Waals surface area (Å²) in [6.07, 6.45) is 0. The smallest absolute Gasteiger partial charge is 0.274 e. The van der Waals surface area contributed by atoms with Crippen LogP contribution in [0.1, 0.15) is 62.4 Å². The lowest BCUT2D eigenvalue weighted by Gasteiger charge is -2.34. The van der Waals surface area contributed by atoms with Gasteiger partial charge in [-0.2, -0.15) is 5.10 Å². The molecule has 0 radical (unpaired) electrons. The molecule has 2 aromatic rings. The summed E-state index contributed by atoms with van der Waals surface area (Å²) in [5.41, 5.74) is 2.58. The lowest BCUT2D eigenvalue weighted by molar-refractivity contribution is 0.0739. The van der Waals surface area contributed by atoms with Crippen molar-refractivity contribution in [3.63, 3.8) is 0 Å². The van der Waals surface area contributed by atoms with E-state index in [1.54, 1.807) is 11.3 Å². The Hall–Kier alpha value is -1.89. The molecule has 3 rings (SSSR count). The molecule has 0 aliphatic carbocycles. The molecule has 7 heteroatoms. The predicted molar refractivity (Wildman–Crippen MR) is 106 cm³/mol. The van der Waals surface area contributed by atoms with E-state index < -0.39 is 0 Å². The first kappa shape index (κ1) is 18.9. The zero-order valence-corrected chi connectivity index (χ0v) is 17.4. The molecule has 0 aromatic carbocycles. The van der Waals surface area contributed by atoms with Gasteiger partial charge in [-0.25, -0.2) is 4.98 Å². The number of nitrogens with zero attached hydrogens (tertiary/aromatic N) is 5. The van der Waals surface area contributed by atoms with Crippen molar-refractivity contribution in [2.75, 3.05) is 31.1 Å². The molecule has 142 valence electrons.